The molecule has 2 amide bonds. The molecule has 0 radical (unpaired) electrons. The van der Waals surface area contributed by atoms with Crippen LogP contribution >= 0.6 is 11.6 Å². The maximum Gasteiger partial charge on any atom is 0.239 e. The van der Waals surface area contributed by atoms with Gasteiger partial charge in [-0.05, 0) is 49.9 Å². The fourth-order valence-electron chi connectivity index (χ4n) is 3.42. The van der Waals surface area contributed by atoms with Crippen LogP contribution in [0.1, 0.15) is 19.3 Å². The van der Waals surface area contributed by atoms with E-state index in [0.29, 0.717) is 43.5 Å². The lowest BCUT2D eigenvalue weighted by Crippen LogP contribution is -2.45. The third kappa shape index (κ3) is 3.35. The maximum absolute atomic E-state index is 12.7. The summed E-state index contributed by atoms with van der Waals surface area (Å²) >= 11 is 6.00. The van der Waals surface area contributed by atoms with E-state index < -0.39 is 5.92 Å². The highest BCUT2D eigenvalue weighted by Gasteiger charge is 2.40. The van der Waals surface area contributed by atoms with E-state index in [9.17, 15) is 9.59 Å². The zero-order chi connectivity index (χ0) is 16.4. The number of piperidine rings is 1. The van der Waals surface area contributed by atoms with Gasteiger partial charge in [0.25, 0.3) is 0 Å². The molecule has 2 saturated heterocycles. The van der Waals surface area contributed by atoms with Crippen LogP contribution in [0.3, 0.4) is 0 Å². The summed E-state index contributed by atoms with van der Waals surface area (Å²) in [5.41, 5.74) is 6.45. The van der Waals surface area contributed by atoms with Gasteiger partial charge in [-0.1, -0.05) is 17.7 Å². The summed E-state index contributed by atoms with van der Waals surface area (Å²) in [6.45, 7) is 2.66. The predicted octanol–water partition coefficient (Wildman–Crippen LogP) is 1.89. The minimum atomic E-state index is -0.552. The van der Waals surface area contributed by atoms with E-state index in [2.05, 4.69) is 0 Å². The lowest BCUT2D eigenvalue weighted by Gasteiger charge is -2.32. The number of halogens is 1. The van der Waals surface area contributed by atoms with Crippen molar-refractivity contribution in [1.82, 2.24) is 4.90 Å². The van der Waals surface area contributed by atoms with Crippen LogP contribution in [0.2, 0.25) is 5.02 Å². The molecule has 0 spiro atoms. The van der Waals surface area contributed by atoms with Gasteiger partial charge in [0.15, 0.2) is 0 Å². The fraction of sp³-hybridized carbons (Fsp3) is 0.529. The SMILES string of the molecule is NCC1CCN(C(=O)C2CCN(c3cccc(Cl)c3)C2=O)CC1. The molecule has 6 heteroatoms. The molecule has 0 saturated carbocycles. The molecule has 2 heterocycles. The zero-order valence-corrected chi connectivity index (χ0v) is 13.8. The Morgan fingerprint density at radius 3 is 2.61 bits per heavy atom. The van der Waals surface area contributed by atoms with Gasteiger partial charge in [0, 0.05) is 30.3 Å². The summed E-state index contributed by atoms with van der Waals surface area (Å²) in [4.78, 5) is 28.8. The molecule has 0 aromatic heterocycles. The summed E-state index contributed by atoms with van der Waals surface area (Å²) < 4.78 is 0. The number of rotatable bonds is 3. The number of benzene rings is 1. The van der Waals surface area contributed by atoms with E-state index in [0.717, 1.165) is 18.5 Å². The van der Waals surface area contributed by atoms with Crippen molar-refractivity contribution in [2.24, 2.45) is 17.6 Å². The van der Waals surface area contributed by atoms with E-state index in [1.165, 1.54) is 0 Å². The quantitative estimate of drug-likeness (QED) is 0.858. The molecule has 3 rings (SSSR count). The first-order valence-corrected chi connectivity index (χ1v) is 8.53. The van der Waals surface area contributed by atoms with E-state index in [4.69, 9.17) is 17.3 Å². The van der Waals surface area contributed by atoms with E-state index in [1.807, 2.05) is 17.0 Å². The van der Waals surface area contributed by atoms with Gasteiger partial charge in [-0.3, -0.25) is 9.59 Å². The van der Waals surface area contributed by atoms with Gasteiger partial charge in [-0.25, -0.2) is 0 Å². The molecule has 2 N–H and O–H groups in total. The van der Waals surface area contributed by atoms with Crippen LogP contribution in [-0.4, -0.2) is 42.9 Å². The van der Waals surface area contributed by atoms with E-state index in [1.54, 1.807) is 17.0 Å². The Kier molecular flexibility index (Phi) is 4.87. The number of anilines is 1. The fourth-order valence-corrected chi connectivity index (χ4v) is 3.60. The smallest absolute Gasteiger partial charge is 0.239 e. The van der Waals surface area contributed by atoms with Crippen LogP contribution in [0, 0.1) is 11.8 Å². The summed E-state index contributed by atoms with van der Waals surface area (Å²) in [6.07, 6.45) is 2.43. The number of likely N-dealkylation sites (tertiary alicyclic amines) is 1. The molecule has 1 unspecified atom stereocenters. The van der Waals surface area contributed by atoms with Crippen molar-refractivity contribution in [2.75, 3.05) is 31.1 Å². The largest absolute Gasteiger partial charge is 0.342 e. The van der Waals surface area contributed by atoms with Crippen molar-refractivity contribution < 1.29 is 9.59 Å². The van der Waals surface area contributed by atoms with Crippen molar-refractivity contribution in [1.29, 1.82) is 0 Å². The number of carbonyl (C=O) groups excluding carboxylic acids is 2. The highest BCUT2D eigenvalue weighted by molar-refractivity contribution is 6.31. The second-order valence-corrected chi connectivity index (χ2v) is 6.75. The van der Waals surface area contributed by atoms with Gasteiger partial charge in [-0.15, -0.1) is 0 Å². The highest BCUT2D eigenvalue weighted by atomic mass is 35.5. The maximum atomic E-state index is 12.7. The first kappa shape index (κ1) is 16.3. The molecule has 5 nitrogen and oxygen atoms in total. The van der Waals surface area contributed by atoms with Crippen LogP contribution in [-0.2, 0) is 9.59 Å². The number of nitrogens with two attached hydrogens (primary N) is 1. The Morgan fingerprint density at radius 2 is 1.96 bits per heavy atom. The van der Waals surface area contributed by atoms with Gasteiger partial charge in [-0.2, -0.15) is 0 Å². The Bertz CT molecular complexity index is 599. The van der Waals surface area contributed by atoms with Crippen molar-refractivity contribution >= 4 is 29.1 Å². The molecule has 23 heavy (non-hydrogen) atoms. The second kappa shape index (κ2) is 6.89. The molecule has 2 aliphatic heterocycles. The van der Waals surface area contributed by atoms with Gasteiger partial charge in [0.05, 0.1) is 0 Å². The number of hydrogen-bond donors (Lipinski definition) is 1. The molecule has 1 aromatic rings. The monoisotopic (exact) mass is 335 g/mol. The second-order valence-electron chi connectivity index (χ2n) is 6.32. The lowest BCUT2D eigenvalue weighted by atomic mass is 9.95. The van der Waals surface area contributed by atoms with Crippen molar-refractivity contribution in [3.8, 4) is 0 Å². The average molecular weight is 336 g/mol. The Labute approximate surface area is 141 Å². The number of nitrogens with zero attached hydrogens (tertiary/aromatic N) is 2. The third-order valence-corrected chi connectivity index (χ3v) is 5.12. The zero-order valence-electron chi connectivity index (χ0n) is 13.1. The Balaban J connectivity index is 1.66. The normalized spacial score (nSPS) is 22.7. The number of amides is 2. The molecule has 0 bridgehead atoms. The van der Waals surface area contributed by atoms with Gasteiger partial charge in [0.1, 0.15) is 5.92 Å². The molecule has 2 aliphatic rings. The Hall–Kier alpha value is -1.59. The third-order valence-electron chi connectivity index (χ3n) is 4.88. The molecule has 124 valence electrons. The summed E-state index contributed by atoms with van der Waals surface area (Å²) in [5, 5.41) is 0.592. The van der Waals surface area contributed by atoms with E-state index >= 15 is 0 Å². The summed E-state index contributed by atoms with van der Waals surface area (Å²) in [6, 6.07) is 7.20. The molecular formula is C17H22ClN3O2. The topological polar surface area (TPSA) is 66.6 Å². The molecular weight excluding hydrogens is 314 g/mol. The first-order valence-electron chi connectivity index (χ1n) is 8.16. The minimum absolute atomic E-state index is 0.0324. The van der Waals surface area contributed by atoms with Crippen LogP contribution in [0.25, 0.3) is 0 Å². The molecule has 1 atom stereocenters. The first-order chi connectivity index (χ1) is 11.1. The van der Waals surface area contributed by atoms with Crippen LogP contribution in [0.4, 0.5) is 5.69 Å². The standard InChI is InChI=1S/C17H22ClN3O2/c18-13-2-1-3-14(10-13)21-9-6-15(17(21)23)16(22)20-7-4-12(11-19)5-8-20/h1-3,10,12,15H,4-9,11,19H2. The van der Waals surface area contributed by atoms with Crippen molar-refractivity contribution in [3.63, 3.8) is 0 Å². The molecule has 2 fully saturated rings. The molecule has 1 aromatic carbocycles. The van der Waals surface area contributed by atoms with Crippen molar-refractivity contribution in [3.05, 3.63) is 29.3 Å². The predicted molar refractivity (Wildman–Crippen MR) is 90.3 cm³/mol. The summed E-state index contributed by atoms with van der Waals surface area (Å²) in [7, 11) is 0. The van der Waals surface area contributed by atoms with Gasteiger partial charge < -0.3 is 15.5 Å². The average Bonchev–Trinajstić information content (AvgIpc) is 2.96. The van der Waals surface area contributed by atoms with Crippen molar-refractivity contribution in [2.45, 2.75) is 19.3 Å². The molecule has 0 aliphatic carbocycles. The van der Waals surface area contributed by atoms with Gasteiger partial charge >= 0.3 is 0 Å². The Morgan fingerprint density at radius 1 is 1.22 bits per heavy atom. The van der Waals surface area contributed by atoms with Gasteiger partial charge in [0.2, 0.25) is 11.8 Å². The highest BCUT2D eigenvalue weighted by Crippen LogP contribution is 2.29. The van der Waals surface area contributed by atoms with Crippen LogP contribution in [0.5, 0.6) is 0 Å². The summed E-state index contributed by atoms with van der Waals surface area (Å²) in [5.74, 6) is -0.196. The lowest BCUT2D eigenvalue weighted by molar-refractivity contribution is -0.141. The van der Waals surface area contributed by atoms with E-state index in [-0.39, 0.29) is 11.8 Å². The minimum Gasteiger partial charge on any atom is -0.342 e. The number of carbonyl (C=O) groups is 2. The number of hydrogen-bond acceptors (Lipinski definition) is 3. The van der Waals surface area contributed by atoms with Crippen LogP contribution in [0.15, 0.2) is 24.3 Å². The van der Waals surface area contributed by atoms with Crippen LogP contribution < -0.4 is 10.6 Å².